The van der Waals surface area contributed by atoms with Crippen molar-refractivity contribution in [1.82, 2.24) is 0 Å². The van der Waals surface area contributed by atoms with Crippen LogP contribution in [0.4, 0.5) is 0 Å². The minimum absolute atomic E-state index is 0.0869. The van der Waals surface area contributed by atoms with Crippen LogP contribution >= 0.6 is 0 Å². The van der Waals surface area contributed by atoms with Crippen molar-refractivity contribution in [2.45, 2.75) is 51.2 Å². The summed E-state index contributed by atoms with van der Waals surface area (Å²) in [6.45, 7) is 1.83. The second-order valence-corrected chi connectivity index (χ2v) is 4.39. The molecule has 0 unspecified atom stereocenters. The van der Waals surface area contributed by atoms with Crippen LogP contribution in [0.25, 0.3) is 0 Å². The maximum Gasteiger partial charge on any atom is 0.183 e. The number of rotatable bonds is 2. The predicted octanol–water partition coefficient (Wildman–Crippen LogP) is 2.79. The summed E-state index contributed by atoms with van der Waals surface area (Å²) >= 11 is 0. The van der Waals surface area contributed by atoms with Crippen LogP contribution in [0.15, 0.2) is 23.8 Å². The summed E-state index contributed by atoms with van der Waals surface area (Å²) in [5.41, 5.74) is 1.50. The van der Waals surface area contributed by atoms with Crippen molar-refractivity contribution in [2.75, 3.05) is 0 Å². The number of ketones is 1. The zero-order valence-corrected chi connectivity index (χ0v) is 9.24. The van der Waals surface area contributed by atoms with Crippen LogP contribution in [0.5, 0.6) is 0 Å². The fraction of sp³-hybridized carbons (Fsp3) is 0.615. The molecule has 82 valence electrons. The molecule has 0 bridgehead atoms. The molecule has 0 spiro atoms. The largest absolute Gasteiger partial charge is 0.363 e. The highest BCUT2D eigenvalue weighted by atomic mass is 16.5. The highest BCUT2D eigenvalue weighted by molar-refractivity contribution is 5.93. The van der Waals surface area contributed by atoms with Crippen molar-refractivity contribution in [2.24, 2.45) is 0 Å². The van der Waals surface area contributed by atoms with Gasteiger partial charge < -0.3 is 4.74 Å². The highest BCUT2D eigenvalue weighted by Gasteiger charge is 2.21. The van der Waals surface area contributed by atoms with Gasteiger partial charge in [0.15, 0.2) is 5.78 Å². The zero-order valence-electron chi connectivity index (χ0n) is 9.24. The molecule has 2 aliphatic rings. The Morgan fingerprint density at radius 1 is 1.47 bits per heavy atom. The van der Waals surface area contributed by atoms with Gasteiger partial charge in [0, 0.05) is 0 Å². The summed E-state index contributed by atoms with van der Waals surface area (Å²) in [7, 11) is 0. The molecule has 0 radical (unpaired) electrons. The number of hydrogen-bond acceptors (Lipinski definition) is 2. The van der Waals surface area contributed by atoms with Gasteiger partial charge in [-0.05, 0) is 45.1 Å². The quantitative estimate of drug-likeness (QED) is 0.649. The third-order valence-electron chi connectivity index (χ3n) is 3.10. The smallest absolute Gasteiger partial charge is 0.183 e. The van der Waals surface area contributed by atoms with Crippen LogP contribution < -0.4 is 0 Å². The minimum atomic E-state index is -0.260. The van der Waals surface area contributed by atoms with Crippen molar-refractivity contribution in [3.8, 4) is 0 Å². The Hall–Kier alpha value is -0.890. The SMILES string of the molecule is C[C@@H]1O[C@@H](CC2=CCCCC2)C=CC1=O. The van der Waals surface area contributed by atoms with E-state index in [1.54, 1.807) is 6.08 Å². The summed E-state index contributed by atoms with van der Waals surface area (Å²) in [4.78, 5) is 11.2. The minimum Gasteiger partial charge on any atom is -0.363 e. The summed E-state index contributed by atoms with van der Waals surface area (Å²) in [6.07, 6.45) is 11.8. The van der Waals surface area contributed by atoms with Crippen molar-refractivity contribution >= 4 is 5.78 Å². The van der Waals surface area contributed by atoms with Gasteiger partial charge in [-0.3, -0.25) is 4.79 Å². The number of ether oxygens (including phenoxy) is 1. The van der Waals surface area contributed by atoms with Gasteiger partial charge in [-0.1, -0.05) is 17.7 Å². The standard InChI is InChI=1S/C13H18O2/c1-10-13(14)8-7-12(15-10)9-11-5-3-2-4-6-11/h5,7-8,10,12H,2-4,6,9H2,1H3/t10-,12+/m0/s1. The first-order valence-electron chi connectivity index (χ1n) is 5.81. The molecular weight excluding hydrogens is 188 g/mol. The molecule has 2 rings (SSSR count). The van der Waals surface area contributed by atoms with Gasteiger partial charge in [0.2, 0.25) is 0 Å². The molecule has 2 heteroatoms. The molecule has 1 aliphatic heterocycles. The van der Waals surface area contributed by atoms with E-state index >= 15 is 0 Å². The fourth-order valence-electron chi connectivity index (χ4n) is 2.18. The Morgan fingerprint density at radius 2 is 2.33 bits per heavy atom. The first-order chi connectivity index (χ1) is 7.25. The van der Waals surface area contributed by atoms with E-state index in [0.717, 1.165) is 6.42 Å². The fourth-order valence-corrected chi connectivity index (χ4v) is 2.18. The normalized spacial score (nSPS) is 31.5. The molecule has 0 aromatic rings. The van der Waals surface area contributed by atoms with E-state index in [2.05, 4.69) is 6.08 Å². The van der Waals surface area contributed by atoms with Crippen molar-refractivity contribution < 1.29 is 9.53 Å². The second-order valence-electron chi connectivity index (χ2n) is 4.39. The Bertz CT molecular complexity index is 302. The van der Waals surface area contributed by atoms with Crippen LogP contribution in [-0.2, 0) is 9.53 Å². The first kappa shape index (κ1) is 10.6. The average Bonchev–Trinajstić information content (AvgIpc) is 2.25. The summed E-state index contributed by atoms with van der Waals surface area (Å²) in [6, 6.07) is 0. The van der Waals surface area contributed by atoms with E-state index in [-0.39, 0.29) is 18.0 Å². The molecule has 1 heterocycles. The maximum atomic E-state index is 11.2. The van der Waals surface area contributed by atoms with Gasteiger partial charge >= 0.3 is 0 Å². The van der Waals surface area contributed by atoms with E-state index in [1.165, 1.54) is 31.3 Å². The third-order valence-corrected chi connectivity index (χ3v) is 3.10. The molecule has 0 aromatic carbocycles. The monoisotopic (exact) mass is 206 g/mol. The topological polar surface area (TPSA) is 26.3 Å². The van der Waals surface area contributed by atoms with Gasteiger partial charge in [0.25, 0.3) is 0 Å². The third kappa shape index (κ3) is 2.78. The first-order valence-corrected chi connectivity index (χ1v) is 5.81. The summed E-state index contributed by atoms with van der Waals surface area (Å²) in [5.74, 6) is 0.0869. The number of allylic oxidation sites excluding steroid dienone is 1. The lowest BCUT2D eigenvalue weighted by atomic mass is 9.94. The molecule has 0 saturated carbocycles. The van der Waals surface area contributed by atoms with Gasteiger partial charge in [0.05, 0.1) is 6.10 Å². The molecular formula is C13H18O2. The van der Waals surface area contributed by atoms with Crippen LogP contribution in [0.3, 0.4) is 0 Å². The molecule has 0 saturated heterocycles. The molecule has 0 amide bonds. The second kappa shape index (κ2) is 4.75. The Morgan fingerprint density at radius 3 is 3.00 bits per heavy atom. The van der Waals surface area contributed by atoms with Gasteiger partial charge in [-0.25, -0.2) is 0 Å². The van der Waals surface area contributed by atoms with Gasteiger partial charge in [-0.2, -0.15) is 0 Å². The molecule has 2 nitrogen and oxygen atoms in total. The summed E-state index contributed by atoms with van der Waals surface area (Å²) in [5, 5.41) is 0. The van der Waals surface area contributed by atoms with Crippen LogP contribution in [0.2, 0.25) is 0 Å². The lowest BCUT2D eigenvalue weighted by Crippen LogP contribution is -2.29. The van der Waals surface area contributed by atoms with Crippen LogP contribution in [0, 0.1) is 0 Å². The van der Waals surface area contributed by atoms with Crippen molar-refractivity contribution in [1.29, 1.82) is 0 Å². The van der Waals surface area contributed by atoms with E-state index in [9.17, 15) is 4.79 Å². The van der Waals surface area contributed by atoms with Crippen LogP contribution in [0.1, 0.15) is 39.0 Å². The predicted molar refractivity (Wildman–Crippen MR) is 59.7 cm³/mol. The van der Waals surface area contributed by atoms with E-state index in [0.29, 0.717) is 0 Å². The molecule has 15 heavy (non-hydrogen) atoms. The number of carbonyl (C=O) groups is 1. The van der Waals surface area contributed by atoms with E-state index in [4.69, 9.17) is 4.74 Å². The lowest BCUT2D eigenvalue weighted by Gasteiger charge is -2.24. The summed E-state index contributed by atoms with van der Waals surface area (Å²) < 4.78 is 5.62. The van der Waals surface area contributed by atoms with Crippen LogP contribution in [-0.4, -0.2) is 18.0 Å². The molecule has 0 fully saturated rings. The molecule has 1 aliphatic carbocycles. The average molecular weight is 206 g/mol. The van der Waals surface area contributed by atoms with Gasteiger partial charge in [0.1, 0.15) is 6.10 Å². The Balaban J connectivity index is 1.92. The molecule has 0 aromatic heterocycles. The van der Waals surface area contributed by atoms with Crippen molar-refractivity contribution in [3.63, 3.8) is 0 Å². The molecule has 2 atom stereocenters. The zero-order chi connectivity index (χ0) is 10.7. The maximum absolute atomic E-state index is 11.2. The highest BCUT2D eigenvalue weighted by Crippen LogP contribution is 2.24. The Kier molecular flexibility index (Phi) is 3.37. The van der Waals surface area contributed by atoms with E-state index in [1.807, 2.05) is 13.0 Å². The molecule has 0 N–H and O–H groups in total. The van der Waals surface area contributed by atoms with Gasteiger partial charge in [-0.15, -0.1) is 0 Å². The number of carbonyl (C=O) groups excluding carboxylic acids is 1. The van der Waals surface area contributed by atoms with E-state index < -0.39 is 0 Å². The lowest BCUT2D eigenvalue weighted by molar-refractivity contribution is -0.128. The van der Waals surface area contributed by atoms with Crippen molar-refractivity contribution in [3.05, 3.63) is 23.8 Å². The Labute approximate surface area is 91.0 Å². The number of hydrogen-bond donors (Lipinski definition) is 0.